The molecule has 1 aliphatic heterocycles. The van der Waals surface area contributed by atoms with E-state index in [4.69, 9.17) is 15.0 Å². The number of carbonyl (C=O) groups excluding carboxylic acids is 2. The number of aromatic nitrogens is 2. The van der Waals surface area contributed by atoms with Gasteiger partial charge in [0.05, 0.1) is 6.04 Å². The molecule has 155 valence electrons. The van der Waals surface area contributed by atoms with Crippen LogP contribution >= 0.6 is 0 Å². The molecule has 29 heavy (non-hydrogen) atoms. The maximum atomic E-state index is 12.0. The minimum atomic E-state index is -0.788. The molecule has 0 spiro atoms. The molecule has 1 fully saturated rings. The van der Waals surface area contributed by atoms with Gasteiger partial charge in [0.15, 0.2) is 5.78 Å². The average molecular weight is 404 g/mol. The third-order valence-corrected chi connectivity index (χ3v) is 4.00. The Bertz CT molecular complexity index is 918. The topological polar surface area (TPSA) is 156 Å². The summed E-state index contributed by atoms with van der Waals surface area (Å²) in [5.41, 5.74) is 7.88. The molecule has 2 rings (SSSR count). The molecular formula is C17H23BN5O6. The zero-order valence-corrected chi connectivity index (χ0v) is 15.4. The fraction of sp³-hybridized carbons (Fsp3) is 0.529. The molecule has 0 aromatic carbocycles. The molecule has 0 unspecified atom stereocenters. The first-order valence-electron chi connectivity index (χ1n) is 8.25. The number of nitrogens with zero attached hydrogens (tertiary/aromatic N) is 4. The van der Waals surface area contributed by atoms with Gasteiger partial charge in [0.1, 0.15) is 18.9 Å². The van der Waals surface area contributed by atoms with E-state index in [2.05, 4.69) is 15.0 Å². The van der Waals surface area contributed by atoms with Crippen LogP contribution in [-0.4, -0.2) is 48.5 Å². The first-order chi connectivity index (χ1) is 12.8. The van der Waals surface area contributed by atoms with Gasteiger partial charge in [-0.25, -0.2) is 9.59 Å². The SMILES string of the molecule is C.CCC(=O)/C=C/C(=O)OC[C@H]1O[C@@H](n2cc(C)c(=O)[nH]c2=O)C[C@@H]1N=[N+]=[N-].[B]. The van der Waals surface area contributed by atoms with Crippen molar-refractivity contribution in [2.24, 2.45) is 5.11 Å². The van der Waals surface area contributed by atoms with Gasteiger partial charge < -0.3 is 9.47 Å². The lowest BCUT2D eigenvalue weighted by atomic mass is 10.1. The van der Waals surface area contributed by atoms with Crippen molar-refractivity contribution in [3.63, 3.8) is 0 Å². The van der Waals surface area contributed by atoms with Gasteiger partial charge in [-0.1, -0.05) is 19.5 Å². The standard InChI is InChI=1S/C16H19N5O6.CH4.B/c1-3-10(22)4-5-14(23)26-8-12-11(19-20-17)6-13(27-12)21-7-9(2)15(24)18-16(21)25;;/h4-5,7,11-13H,3,6,8H2,1-2H3,(H,18,24,25);1H4;/b5-4+;;/t11-,12+,13+;;/m0../s1. The highest BCUT2D eigenvalue weighted by Crippen LogP contribution is 2.30. The van der Waals surface area contributed by atoms with E-state index >= 15 is 0 Å². The molecule has 11 nitrogen and oxygen atoms in total. The molecule has 12 heteroatoms. The Morgan fingerprint density at radius 3 is 2.76 bits per heavy atom. The molecule has 3 radical (unpaired) electrons. The van der Waals surface area contributed by atoms with Crippen molar-refractivity contribution >= 4 is 20.2 Å². The van der Waals surface area contributed by atoms with Gasteiger partial charge in [-0.15, -0.1) is 0 Å². The Hall–Kier alpha value is -3.11. The number of esters is 1. The van der Waals surface area contributed by atoms with Gasteiger partial charge in [0.25, 0.3) is 5.56 Å². The maximum Gasteiger partial charge on any atom is 0.330 e. The van der Waals surface area contributed by atoms with E-state index in [1.807, 2.05) is 0 Å². The molecule has 3 atom stereocenters. The lowest BCUT2D eigenvalue weighted by Gasteiger charge is -2.16. The molecule has 0 bridgehead atoms. The zero-order valence-electron chi connectivity index (χ0n) is 15.4. The summed E-state index contributed by atoms with van der Waals surface area (Å²) in [6.07, 6.45) is 2.36. The molecule has 0 saturated carbocycles. The van der Waals surface area contributed by atoms with Crippen LogP contribution in [0.4, 0.5) is 0 Å². The van der Waals surface area contributed by atoms with E-state index in [0.717, 1.165) is 12.2 Å². The van der Waals surface area contributed by atoms with Gasteiger partial charge in [-0.05, 0) is 18.5 Å². The molecule has 1 aromatic rings. The van der Waals surface area contributed by atoms with E-state index in [1.165, 1.54) is 17.7 Å². The van der Waals surface area contributed by atoms with Crippen molar-refractivity contribution in [2.45, 2.75) is 52.5 Å². The first-order valence-corrected chi connectivity index (χ1v) is 8.25. The second kappa shape index (κ2) is 11.7. The Balaban J connectivity index is 0.00000392. The number of ketones is 1. The van der Waals surface area contributed by atoms with Crippen LogP contribution in [0, 0.1) is 6.92 Å². The quantitative estimate of drug-likeness (QED) is 0.179. The third kappa shape index (κ3) is 6.77. The number of rotatable bonds is 7. The number of azide groups is 1. The Kier molecular flexibility index (Phi) is 10.4. The number of hydrogen-bond donors (Lipinski definition) is 1. The van der Waals surface area contributed by atoms with E-state index < -0.39 is 35.6 Å². The number of aromatic amines is 1. The van der Waals surface area contributed by atoms with Crippen LogP contribution in [0.5, 0.6) is 0 Å². The van der Waals surface area contributed by atoms with Gasteiger partial charge in [-0.3, -0.25) is 19.1 Å². The van der Waals surface area contributed by atoms with Crippen LogP contribution in [-0.2, 0) is 19.1 Å². The summed E-state index contributed by atoms with van der Waals surface area (Å²) in [6, 6.07) is -0.673. The van der Waals surface area contributed by atoms with Gasteiger partial charge in [0, 0.05) is 44.0 Å². The minimum absolute atomic E-state index is 0. The van der Waals surface area contributed by atoms with Crippen LogP contribution in [0.25, 0.3) is 10.4 Å². The monoisotopic (exact) mass is 404 g/mol. The van der Waals surface area contributed by atoms with Crippen molar-refractivity contribution in [1.29, 1.82) is 0 Å². The predicted octanol–water partition coefficient (Wildman–Crippen LogP) is 1.15. The second-order valence-electron chi connectivity index (χ2n) is 5.90. The summed E-state index contributed by atoms with van der Waals surface area (Å²) in [6.45, 7) is 2.98. The van der Waals surface area contributed by atoms with Crippen LogP contribution in [0.1, 0.15) is 39.0 Å². The first kappa shape index (κ1) is 25.9. The summed E-state index contributed by atoms with van der Waals surface area (Å²) in [7, 11) is 0. The Morgan fingerprint density at radius 2 is 2.14 bits per heavy atom. The van der Waals surface area contributed by atoms with Gasteiger partial charge in [0.2, 0.25) is 0 Å². The van der Waals surface area contributed by atoms with Crippen LogP contribution in [0.15, 0.2) is 33.1 Å². The number of ether oxygens (including phenoxy) is 2. The summed E-state index contributed by atoms with van der Waals surface area (Å²) in [4.78, 5) is 51.2. The normalized spacial score (nSPS) is 20.3. The number of hydrogen-bond acceptors (Lipinski definition) is 7. The summed E-state index contributed by atoms with van der Waals surface area (Å²) >= 11 is 0. The smallest absolute Gasteiger partial charge is 0.330 e. The Labute approximate surface area is 168 Å². The summed E-state index contributed by atoms with van der Waals surface area (Å²) in [5, 5.41) is 3.62. The molecule has 2 heterocycles. The average Bonchev–Trinajstić information content (AvgIpc) is 3.03. The molecule has 1 aromatic heterocycles. The second-order valence-corrected chi connectivity index (χ2v) is 5.90. The van der Waals surface area contributed by atoms with Crippen LogP contribution in [0.3, 0.4) is 0 Å². The van der Waals surface area contributed by atoms with E-state index in [0.29, 0.717) is 5.56 Å². The molecule has 0 aliphatic carbocycles. The fourth-order valence-electron chi connectivity index (χ4n) is 2.51. The zero-order chi connectivity index (χ0) is 20.0. The third-order valence-electron chi connectivity index (χ3n) is 4.00. The van der Waals surface area contributed by atoms with Crippen LogP contribution in [0.2, 0.25) is 0 Å². The van der Waals surface area contributed by atoms with E-state index in [-0.39, 0.29) is 41.1 Å². The highest BCUT2D eigenvalue weighted by molar-refractivity contribution is 5.95. The number of H-pyrrole nitrogens is 1. The highest BCUT2D eigenvalue weighted by atomic mass is 16.6. The van der Waals surface area contributed by atoms with Crippen molar-refractivity contribution in [3.8, 4) is 0 Å². The number of carbonyl (C=O) groups is 2. The summed E-state index contributed by atoms with van der Waals surface area (Å²) < 4.78 is 11.9. The number of allylic oxidation sites excluding steroid dienone is 1. The van der Waals surface area contributed by atoms with Crippen molar-refractivity contribution < 1.29 is 19.1 Å². The van der Waals surface area contributed by atoms with Gasteiger partial charge >= 0.3 is 11.7 Å². The lowest BCUT2D eigenvalue weighted by molar-refractivity contribution is -0.143. The molecule has 1 N–H and O–H groups in total. The minimum Gasteiger partial charge on any atom is -0.460 e. The van der Waals surface area contributed by atoms with E-state index in [1.54, 1.807) is 6.92 Å². The van der Waals surface area contributed by atoms with E-state index in [9.17, 15) is 19.2 Å². The maximum absolute atomic E-state index is 12.0. The van der Waals surface area contributed by atoms with Gasteiger partial charge in [-0.2, -0.15) is 0 Å². The summed E-state index contributed by atoms with van der Waals surface area (Å²) in [5.74, 6) is -0.954. The number of nitrogens with one attached hydrogen (secondary N) is 1. The highest BCUT2D eigenvalue weighted by Gasteiger charge is 2.37. The molecule has 0 amide bonds. The van der Waals surface area contributed by atoms with Crippen LogP contribution < -0.4 is 11.2 Å². The molecule has 1 aliphatic rings. The largest absolute Gasteiger partial charge is 0.460 e. The predicted molar refractivity (Wildman–Crippen MR) is 105 cm³/mol. The lowest BCUT2D eigenvalue weighted by Crippen LogP contribution is -2.33. The van der Waals surface area contributed by atoms with Crippen molar-refractivity contribution in [3.05, 3.63) is 55.2 Å². The molecule has 1 saturated heterocycles. The van der Waals surface area contributed by atoms with Crippen molar-refractivity contribution in [1.82, 2.24) is 9.55 Å². The van der Waals surface area contributed by atoms with Crippen molar-refractivity contribution in [2.75, 3.05) is 6.61 Å². The Morgan fingerprint density at radius 1 is 1.45 bits per heavy atom. The fourth-order valence-corrected chi connectivity index (χ4v) is 2.51. The molecular weight excluding hydrogens is 381 g/mol. The number of aryl methyl sites for hydroxylation is 1.